The van der Waals surface area contributed by atoms with Crippen LogP contribution in [0, 0.1) is 0 Å². The Bertz CT molecular complexity index is 1040. The van der Waals surface area contributed by atoms with Gasteiger partial charge in [0.25, 0.3) is 0 Å². The van der Waals surface area contributed by atoms with Crippen LogP contribution in [0.3, 0.4) is 0 Å². The molecule has 2 aromatic rings. The van der Waals surface area contributed by atoms with E-state index >= 15 is 0 Å². The third-order valence-electron chi connectivity index (χ3n) is 5.18. The normalized spacial score (nSPS) is 18.2. The Labute approximate surface area is 195 Å². The molecular weight excluding hydrogens is 442 g/mol. The molecule has 2 aromatic carbocycles. The zero-order valence-corrected chi connectivity index (χ0v) is 18.2. The largest absolute Gasteiger partial charge is 0.480 e. The molecule has 4 N–H and O–H groups in total. The van der Waals surface area contributed by atoms with Gasteiger partial charge in [0.1, 0.15) is 24.7 Å². The molecule has 10 nitrogen and oxygen atoms in total. The molecule has 1 aliphatic rings. The van der Waals surface area contributed by atoms with Gasteiger partial charge in [-0.2, -0.15) is 0 Å². The molecule has 0 unspecified atom stereocenters. The van der Waals surface area contributed by atoms with Crippen molar-refractivity contribution in [3.8, 4) is 0 Å². The van der Waals surface area contributed by atoms with E-state index in [0.717, 1.165) is 11.1 Å². The number of ether oxygens (including phenoxy) is 1. The smallest absolute Gasteiger partial charge is 0.326 e. The topological polar surface area (TPSA) is 151 Å². The van der Waals surface area contributed by atoms with Crippen LogP contribution < -0.4 is 16.0 Å². The number of carboxylic acids is 1. The van der Waals surface area contributed by atoms with E-state index in [1.54, 1.807) is 30.3 Å². The second-order valence-electron chi connectivity index (χ2n) is 7.82. The Balaban J connectivity index is 1.48. The minimum atomic E-state index is -1.54. The number of carbonyl (C=O) groups is 5. The number of carbonyl (C=O) groups excluding carboxylic acids is 4. The van der Waals surface area contributed by atoms with Gasteiger partial charge in [-0.1, -0.05) is 60.7 Å². The van der Waals surface area contributed by atoms with Crippen molar-refractivity contribution in [2.24, 2.45) is 0 Å². The molecule has 3 rings (SSSR count). The van der Waals surface area contributed by atoms with E-state index in [1.165, 1.54) is 0 Å². The van der Waals surface area contributed by atoms with Crippen LogP contribution in [-0.4, -0.2) is 52.9 Å². The van der Waals surface area contributed by atoms with Crippen molar-refractivity contribution in [1.82, 2.24) is 16.0 Å². The molecule has 0 radical (unpaired) electrons. The first-order valence-corrected chi connectivity index (χ1v) is 10.7. The van der Waals surface area contributed by atoms with Crippen LogP contribution in [0.2, 0.25) is 0 Å². The molecule has 34 heavy (non-hydrogen) atoms. The Kier molecular flexibility index (Phi) is 8.33. The van der Waals surface area contributed by atoms with Gasteiger partial charge in [-0.3, -0.25) is 19.2 Å². The number of piperazine rings is 1. The van der Waals surface area contributed by atoms with Gasteiger partial charge in [0.15, 0.2) is 0 Å². The van der Waals surface area contributed by atoms with Crippen LogP contribution in [0.4, 0.5) is 0 Å². The van der Waals surface area contributed by atoms with E-state index in [0.29, 0.717) is 6.42 Å². The molecule has 1 heterocycles. The van der Waals surface area contributed by atoms with Crippen LogP contribution >= 0.6 is 0 Å². The van der Waals surface area contributed by atoms with Gasteiger partial charge in [-0.05, 0) is 11.1 Å². The Morgan fingerprint density at radius 2 is 1.44 bits per heavy atom. The summed E-state index contributed by atoms with van der Waals surface area (Å²) in [4.78, 5) is 60.7. The fraction of sp³-hybridized carbons (Fsp3) is 0.292. The summed E-state index contributed by atoms with van der Waals surface area (Å²) in [6.07, 6.45) is -0.766. The van der Waals surface area contributed by atoms with Gasteiger partial charge in [0.05, 0.1) is 12.8 Å². The first-order chi connectivity index (χ1) is 16.3. The molecule has 0 bridgehead atoms. The van der Waals surface area contributed by atoms with Gasteiger partial charge in [0, 0.05) is 6.42 Å². The van der Waals surface area contributed by atoms with Crippen LogP contribution in [0.1, 0.15) is 24.0 Å². The number of amides is 3. The van der Waals surface area contributed by atoms with Crippen LogP contribution in [-0.2, 0) is 41.7 Å². The fourth-order valence-corrected chi connectivity index (χ4v) is 3.42. The molecule has 3 amide bonds. The Morgan fingerprint density at radius 1 is 0.882 bits per heavy atom. The van der Waals surface area contributed by atoms with Gasteiger partial charge in [-0.15, -0.1) is 0 Å². The summed E-state index contributed by atoms with van der Waals surface area (Å²) >= 11 is 0. The molecule has 3 atom stereocenters. The Morgan fingerprint density at radius 3 is 2.06 bits per heavy atom. The lowest BCUT2D eigenvalue weighted by Gasteiger charge is -2.29. The summed E-state index contributed by atoms with van der Waals surface area (Å²) in [5, 5.41) is 16.7. The SMILES string of the molecule is O=C(C[C@@H]1NC(=O)[C@H](Cc2ccccc2)NC1=O)N[C@H](CC(=O)OCc1ccccc1)C(=O)O. The van der Waals surface area contributed by atoms with Crippen molar-refractivity contribution < 1.29 is 33.8 Å². The minimum Gasteiger partial charge on any atom is -0.480 e. The number of hydrogen-bond acceptors (Lipinski definition) is 6. The van der Waals surface area contributed by atoms with Crippen molar-refractivity contribution in [1.29, 1.82) is 0 Å². The van der Waals surface area contributed by atoms with Gasteiger partial charge in [-0.25, -0.2) is 4.79 Å². The van der Waals surface area contributed by atoms with Crippen molar-refractivity contribution >= 4 is 29.7 Å². The number of esters is 1. The lowest BCUT2D eigenvalue weighted by atomic mass is 10.0. The van der Waals surface area contributed by atoms with Crippen LogP contribution in [0.5, 0.6) is 0 Å². The fourth-order valence-electron chi connectivity index (χ4n) is 3.42. The average Bonchev–Trinajstić information content (AvgIpc) is 2.82. The standard InChI is InChI=1S/C24H25N3O7/c28-20(25-19(24(32)33)13-21(29)34-14-16-9-5-2-6-10-16)12-18-23(31)26-17(22(30)27-18)11-15-7-3-1-4-8-15/h1-10,17-19H,11-14H2,(H,25,28)(H,26,31)(H,27,30)(H,32,33)/t17-,18-,19+/m0/s1. The van der Waals surface area contributed by atoms with Crippen molar-refractivity contribution in [3.05, 3.63) is 71.8 Å². The number of benzene rings is 2. The predicted octanol–water partition coefficient (Wildman–Crippen LogP) is 0.305. The summed E-state index contributed by atoms with van der Waals surface area (Å²) in [5.41, 5.74) is 1.60. The van der Waals surface area contributed by atoms with Crippen molar-refractivity contribution in [2.45, 2.75) is 44.0 Å². The summed E-state index contributed by atoms with van der Waals surface area (Å²) < 4.78 is 5.06. The number of aliphatic carboxylic acids is 1. The molecule has 178 valence electrons. The Hall–Kier alpha value is -4.21. The summed E-state index contributed by atoms with van der Waals surface area (Å²) in [6.45, 7) is -0.0294. The lowest BCUT2D eigenvalue weighted by molar-refractivity contribution is -0.151. The molecular formula is C24H25N3O7. The molecule has 1 fully saturated rings. The maximum Gasteiger partial charge on any atom is 0.326 e. The highest BCUT2D eigenvalue weighted by Crippen LogP contribution is 2.09. The zero-order valence-electron chi connectivity index (χ0n) is 18.2. The highest BCUT2D eigenvalue weighted by atomic mass is 16.5. The third-order valence-corrected chi connectivity index (χ3v) is 5.18. The summed E-state index contributed by atoms with van der Waals surface area (Å²) in [7, 11) is 0. The maximum atomic E-state index is 12.4. The second-order valence-corrected chi connectivity index (χ2v) is 7.82. The number of hydrogen-bond donors (Lipinski definition) is 4. The molecule has 0 aromatic heterocycles. The number of carboxylic acid groups (broad SMARTS) is 1. The van der Waals surface area contributed by atoms with Gasteiger partial charge >= 0.3 is 11.9 Å². The highest BCUT2D eigenvalue weighted by molar-refractivity contribution is 5.99. The van der Waals surface area contributed by atoms with E-state index in [-0.39, 0.29) is 6.61 Å². The second kappa shape index (κ2) is 11.6. The molecule has 0 saturated carbocycles. The summed E-state index contributed by atoms with van der Waals surface area (Å²) in [6, 6.07) is 14.5. The van der Waals surface area contributed by atoms with E-state index in [1.807, 2.05) is 30.3 Å². The minimum absolute atomic E-state index is 0.0294. The predicted molar refractivity (Wildman–Crippen MR) is 119 cm³/mol. The summed E-state index contributed by atoms with van der Waals surface area (Å²) in [5.74, 6) is -4.02. The monoisotopic (exact) mass is 467 g/mol. The molecule has 0 spiro atoms. The van der Waals surface area contributed by atoms with Crippen molar-refractivity contribution in [2.75, 3.05) is 0 Å². The van der Waals surface area contributed by atoms with Crippen molar-refractivity contribution in [3.63, 3.8) is 0 Å². The molecule has 1 saturated heterocycles. The van der Waals surface area contributed by atoms with E-state index in [9.17, 15) is 29.1 Å². The quantitative estimate of drug-likeness (QED) is 0.367. The van der Waals surface area contributed by atoms with E-state index < -0.39 is 60.6 Å². The van der Waals surface area contributed by atoms with Crippen LogP contribution in [0.15, 0.2) is 60.7 Å². The van der Waals surface area contributed by atoms with Crippen LogP contribution in [0.25, 0.3) is 0 Å². The number of nitrogens with one attached hydrogen (secondary N) is 3. The average molecular weight is 467 g/mol. The molecule has 10 heteroatoms. The first-order valence-electron chi connectivity index (χ1n) is 10.7. The maximum absolute atomic E-state index is 12.4. The molecule has 1 aliphatic heterocycles. The zero-order chi connectivity index (χ0) is 24.5. The number of rotatable bonds is 10. The highest BCUT2D eigenvalue weighted by Gasteiger charge is 2.35. The van der Waals surface area contributed by atoms with Gasteiger partial charge in [0.2, 0.25) is 17.7 Å². The molecule has 0 aliphatic carbocycles. The lowest BCUT2D eigenvalue weighted by Crippen LogP contribution is -2.63. The van der Waals surface area contributed by atoms with Gasteiger partial charge < -0.3 is 25.8 Å². The van der Waals surface area contributed by atoms with E-state index in [2.05, 4.69) is 16.0 Å². The first kappa shape index (κ1) is 24.4. The third kappa shape index (κ3) is 7.16. The van der Waals surface area contributed by atoms with E-state index in [4.69, 9.17) is 4.74 Å².